The maximum Gasteiger partial charge on any atom is 0.0790 e. The van der Waals surface area contributed by atoms with E-state index in [0.717, 1.165) is 11.3 Å². The van der Waals surface area contributed by atoms with Crippen molar-refractivity contribution in [2.24, 2.45) is 0 Å². The van der Waals surface area contributed by atoms with Crippen LogP contribution in [0, 0.1) is 6.92 Å². The van der Waals surface area contributed by atoms with Crippen molar-refractivity contribution in [3.63, 3.8) is 0 Å². The van der Waals surface area contributed by atoms with Crippen LogP contribution in [0.25, 0.3) is 5.69 Å². The van der Waals surface area contributed by atoms with Crippen molar-refractivity contribution in [2.45, 2.75) is 6.92 Å². The molecule has 0 atom stereocenters. The summed E-state index contributed by atoms with van der Waals surface area (Å²) in [6.45, 7) is 1.94. The number of halogens is 2. The van der Waals surface area contributed by atoms with E-state index in [1.165, 1.54) is 0 Å². The number of aromatic nitrogens is 2. The molecule has 1 aromatic carbocycles. The lowest BCUT2D eigenvalue weighted by molar-refractivity contribution is 0.873. The zero-order valence-corrected chi connectivity index (χ0v) is 9.55. The number of rotatable bonds is 1. The first-order chi connectivity index (χ1) is 7.08. The minimum absolute atomic E-state index is 0.516. The topological polar surface area (TPSA) is 43.8 Å². The Morgan fingerprint density at radius 2 is 2.07 bits per heavy atom. The average Bonchev–Trinajstić information content (AvgIpc) is 2.58. The molecule has 3 nitrogen and oxygen atoms in total. The van der Waals surface area contributed by atoms with Crippen molar-refractivity contribution in [1.82, 2.24) is 9.78 Å². The third-order valence-electron chi connectivity index (χ3n) is 2.11. The molecule has 0 bridgehead atoms. The molecular weight excluding hydrogens is 233 g/mol. The first-order valence-corrected chi connectivity index (χ1v) is 5.09. The van der Waals surface area contributed by atoms with Crippen LogP contribution in [0.3, 0.4) is 0 Å². The maximum atomic E-state index is 5.94. The molecule has 5 heteroatoms. The summed E-state index contributed by atoms with van der Waals surface area (Å²) in [5.74, 6) is 0. The van der Waals surface area contributed by atoms with Crippen LogP contribution in [-0.4, -0.2) is 9.78 Å². The summed E-state index contributed by atoms with van der Waals surface area (Å²) in [6.07, 6.45) is 3.29. The van der Waals surface area contributed by atoms with Crippen LogP contribution < -0.4 is 5.73 Å². The minimum atomic E-state index is 0.516. The largest absolute Gasteiger partial charge is 0.398 e. The molecule has 0 unspecified atom stereocenters. The van der Waals surface area contributed by atoms with Gasteiger partial charge >= 0.3 is 0 Å². The predicted octanol–water partition coefficient (Wildman–Crippen LogP) is 3.07. The molecule has 0 radical (unpaired) electrons. The zero-order valence-electron chi connectivity index (χ0n) is 8.04. The fraction of sp³-hybridized carbons (Fsp3) is 0.100. The Bertz CT molecular complexity index is 505. The van der Waals surface area contributed by atoms with Gasteiger partial charge in [0.1, 0.15) is 0 Å². The van der Waals surface area contributed by atoms with E-state index in [9.17, 15) is 0 Å². The minimum Gasteiger partial charge on any atom is -0.398 e. The Morgan fingerprint density at radius 1 is 1.33 bits per heavy atom. The Morgan fingerprint density at radius 3 is 2.67 bits per heavy atom. The summed E-state index contributed by atoms with van der Waals surface area (Å²) < 4.78 is 1.67. The van der Waals surface area contributed by atoms with Crippen molar-refractivity contribution in [3.05, 3.63) is 40.1 Å². The molecule has 0 saturated heterocycles. The Hall–Kier alpha value is -1.19. The lowest BCUT2D eigenvalue weighted by atomic mass is 10.2. The highest BCUT2D eigenvalue weighted by Gasteiger charge is 2.06. The number of aryl methyl sites for hydroxylation is 1. The van der Waals surface area contributed by atoms with Gasteiger partial charge in [0.25, 0.3) is 0 Å². The van der Waals surface area contributed by atoms with Crippen LogP contribution in [0.4, 0.5) is 5.69 Å². The van der Waals surface area contributed by atoms with Gasteiger partial charge in [-0.25, -0.2) is 4.68 Å². The molecule has 0 amide bonds. The summed E-state index contributed by atoms with van der Waals surface area (Å²) in [5, 5.41) is 5.20. The van der Waals surface area contributed by atoms with Gasteiger partial charge in [-0.1, -0.05) is 23.2 Å². The van der Waals surface area contributed by atoms with Gasteiger partial charge in [-0.15, -0.1) is 0 Å². The highest BCUT2D eigenvalue weighted by Crippen LogP contribution is 2.25. The van der Waals surface area contributed by atoms with Gasteiger partial charge in [-0.2, -0.15) is 5.10 Å². The van der Waals surface area contributed by atoms with E-state index in [1.807, 2.05) is 13.0 Å². The molecule has 0 spiro atoms. The smallest absolute Gasteiger partial charge is 0.0790 e. The van der Waals surface area contributed by atoms with Crippen LogP contribution in [-0.2, 0) is 0 Å². The summed E-state index contributed by atoms with van der Waals surface area (Å²) in [5.41, 5.74) is 8.12. The van der Waals surface area contributed by atoms with Crippen molar-refractivity contribution < 1.29 is 0 Å². The molecule has 2 N–H and O–H groups in total. The van der Waals surface area contributed by atoms with Crippen LogP contribution in [0.1, 0.15) is 5.56 Å². The number of nitrogens with zero attached hydrogens (tertiary/aromatic N) is 2. The molecule has 78 valence electrons. The highest BCUT2D eigenvalue weighted by molar-refractivity contribution is 6.33. The Labute approximate surface area is 97.4 Å². The highest BCUT2D eigenvalue weighted by atomic mass is 35.5. The van der Waals surface area contributed by atoms with E-state index in [-0.39, 0.29) is 0 Å². The number of nitrogens with two attached hydrogens (primary N) is 1. The van der Waals surface area contributed by atoms with Crippen molar-refractivity contribution >= 4 is 28.9 Å². The SMILES string of the molecule is Cc1cc(N)c(Cl)cc1-n1cc(Cl)cn1. The van der Waals surface area contributed by atoms with E-state index in [0.29, 0.717) is 15.7 Å². The van der Waals surface area contributed by atoms with Gasteiger partial charge in [0.2, 0.25) is 0 Å². The number of nitrogen functional groups attached to an aromatic ring is 1. The second-order valence-electron chi connectivity index (χ2n) is 3.26. The Balaban J connectivity index is 2.58. The van der Waals surface area contributed by atoms with Gasteiger partial charge in [0.15, 0.2) is 0 Å². The van der Waals surface area contributed by atoms with E-state index in [4.69, 9.17) is 28.9 Å². The lowest BCUT2D eigenvalue weighted by Crippen LogP contribution is -1.99. The molecule has 0 aliphatic heterocycles. The van der Waals surface area contributed by atoms with Crippen LogP contribution >= 0.6 is 23.2 Å². The molecule has 0 saturated carbocycles. The molecule has 1 aromatic heterocycles. The first kappa shape index (κ1) is 10.3. The van der Waals surface area contributed by atoms with Gasteiger partial charge in [-0.05, 0) is 24.6 Å². The second-order valence-corrected chi connectivity index (χ2v) is 4.11. The van der Waals surface area contributed by atoms with Crippen molar-refractivity contribution in [1.29, 1.82) is 0 Å². The molecule has 2 aromatic rings. The van der Waals surface area contributed by atoms with Gasteiger partial charge < -0.3 is 5.73 Å². The summed E-state index contributed by atoms with van der Waals surface area (Å²) in [6, 6.07) is 3.59. The number of hydrogen-bond acceptors (Lipinski definition) is 2. The van der Waals surface area contributed by atoms with Crippen LogP contribution in [0.15, 0.2) is 24.5 Å². The summed E-state index contributed by atoms with van der Waals surface area (Å²) >= 11 is 11.7. The number of hydrogen-bond donors (Lipinski definition) is 1. The average molecular weight is 242 g/mol. The number of anilines is 1. The lowest BCUT2D eigenvalue weighted by Gasteiger charge is -2.08. The number of benzene rings is 1. The second kappa shape index (κ2) is 3.76. The standard InChI is InChI=1S/C10H9Cl2N3/c1-6-2-9(13)8(12)3-10(6)15-5-7(11)4-14-15/h2-5H,13H2,1H3. The van der Waals surface area contributed by atoms with Crippen LogP contribution in [0.2, 0.25) is 10.0 Å². The molecule has 1 heterocycles. The van der Waals surface area contributed by atoms with Gasteiger partial charge in [0, 0.05) is 6.20 Å². The van der Waals surface area contributed by atoms with E-state index in [1.54, 1.807) is 23.1 Å². The molecular formula is C10H9Cl2N3. The van der Waals surface area contributed by atoms with Crippen LogP contribution in [0.5, 0.6) is 0 Å². The first-order valence-electron chi connectivity index (χ1n) is 4.34. The zero-order chi connectivity index (χ0) is 11.0. The molecule has 0 fully saturated rings. The molecule has 15 heavy (non-hydrogen) atoms. The Kier molecular flexibility index (Phi) is 2.59. The third kappa shape index (κ3) is 1.94. The monoisotopic (exact) mass is 241 g/mol. The maximum absolute atomic E-state index is 5.94. The third-order valence-corrected chi connectivity index (χ3v) is 2.64. The normalized spacial score (nSPS) is 10.6. The van der Waals surface area contributed by atoms with E-state index in [2.05, 4.69) is 5.10 Å². The van der Waals surface area contributed by atoms with Gasteiger partial charge in [-0.3, -0.25) is 0 Å². The van der Waals surface area contributed by atoms with Gasteiger partial charge in [0.05, 0.1) is 27.6 Å². The fourth-order valence-corrected chi connectivity index (χ4v) is 1.67. The summed E-state index contributed by atoms with van der Waals surface area (Å²) in [7, 11) is 0. The molecule has 0 aliphatic rings. The van der Waals surface area contributed by atoms with E-state index >= 15 is 0 Å². The molecule has 2 rings (SSSR count). The summed E-state index contributed by atoms with van der Waals surface area (Å²) in [4.78, 5) is 0. The predicted molar refractivity (Wildman–Crippen MR) is 62.7 cm³/mol. The fourth-order valence-electron chi connectivity index (χ4n) is 1.37. The van der Waals surface area contributed by atoms with Crippen molar-refractivity contribution in [3.8, 4) is 5.69 Å². The quantitative estimate of drug-likeness (QED) is 0.781. The van der Waals surface area contributed by atoms with Crippen molar-refractivity contribution in [2.75, 3.05) is 5.73 Å². The molecule has 0 aliphatic carbocycles. The van der Waals surface area contributed by atoms with E-state index < -0.39 is 0 Å².